The van der Waals surface area contributed by atoms with Crippen molar-refractivity contribution >= 4 is 0 Å². The van der Waals surface area contributed by atoms with E-state index < -0.39 is 11.6 Å². The fourth-order valence-electron chi connectivity index (χ4n) is 1.76. The lowest BCUT2D eigenvalue weighted by Crippen LogP contribution is -2.04. The second-order valence-corrected chi connectivity index (χ2v) is 4.10. The first kappa shape index (κ1) is 12.7. The number of H-pyrrole nitrogens is 1. The highest BCUT2D eigenvalue weighted by Gasteiger charge is 2.13. The highest BCUT2D eigenvalue weighted by atomic mass is 19.2. The summed E-state index contributed by atoms with van der Waals surface area (Å²) in [5.41, 5.74) is 1.14. The van der Waals surface area contributed by atoms with Crippen LogP contribution >= 0.6 is 0 Å². The van der Waals surface area contributed by atoms with Crippen molar-refractivity contribution in [1.82, 2.24) is 9.97 Å². The lowest BCUT2D eigenvalue weighted by Gasteiger charge is -2.07. The van der Waals surface area contributed by atoms with E-state index in [-0.39, 0.29) is 12.5 Å². The SMILES string of the molecule is CCC(CO)c1ncc(-c2ccc(F)c(F)c2)[nH]1. The van der Waals surface area contributed by atoms with E-state index in [9.17, 15) is 13.9 Å². The molecule has 0 aliphatic rings. The average Bonchev–Trinajstić information content (AvgIpc) is 2.84. The Labute approximate surface area is 104 Å². The largest absolute Gasteiger partial charge is 0.396 e. The molecular weight excluding hydrogens is 238 g/mol. The number of aromatic nitrogens is 2. The van der Waals surface area contributed by atoms with Gasteiger partial charge in [0.2, 0.25) is 0 Å². The van der Waals surface area contributed by atoms with E-state index in [0.29, 0.717) is 17.1 Å². The minimum Gasteiger partial charge on any atom is -0.396 e. The first-order valence-corrected chi connectivity index (χ1v) is 5.76. The van der Waals surface area contributed by atoms with Crippen LogP contribution in [0.1, 0.15) is 25.1 Å². The molecule has 96 valence electrons. The van der Waals surface area contributed by atoms with E-state index in [0.717, 1.165) is 18.6 Å². The molecule has 1 heterocycles. The first-order chi connectivity index (χ1) is 8.65. The summed E-state index contributed by atoms with van der Waals surface area (Å²) in [7, 11) is 0. The quantitative estimate of drug-likeness (QED) is 0.879. The number of hydrogen-bond acceptors (Lipinski definition) is 2. The molecule has 1 unspecified atom stereocenters. The van der Waals surface area contributed by atoms with Crippen LogP contribution in [-0.2, 0) is 0 Å². The number of halogens is 2. The van der Waals surface area contributed by atoms with Crippen molar-refractivity contribution in [3.63, 3.8) is 0 Å². The van der Waals surface area contributed by atoms with Gasteiger partial charge in [0.1, 0.15) is 5.82 Å². The number of nitrogens with one attached hydrogen (secondary N) is 1. The molecule has 0 aliphatic carbocycles. The highest BCUT2D eigenvalue weighted by molar-refractivity contribution is 5.58. The average molecular weight is 252 g/mol. The molecule has 18 heavy (non-hydrogen) atoms. The molecule has 2 rings (SSSR count). The Hall–Kier alpha value is -1.75. The van der Waals surface area contributed by atoms with Crippen LogP contribution in [-0.4, -0.2) is 21.7 Å². The molecule has 0 radical (unpaired) electrons. The number of hydrogen-bond donors (Lipinski definition) is 2. The summed E-state index contributed by atoms with van der Waals surface area (Å²) in [4.78, 5) is 7.17. The minimum atomic E-state index is -0.891. The van der Waals surface area contributed by atoms with Crippen LogP contribution in [0.25, 0.3) is 11.3 Å². The zero-order chi connectivity index (χ0) is 13.1. The maximum Gasteiger partial charge on any atom is 0.159 e. The van der Waals surface area contributed by atoms with E-state index in [4.69, 9.17) is 0 Å². The number of benzene rings is 1. The number of aromatic amines is 1. The molecule has 1 atom stereocenters. The zero-order valence-electron chi connectivity index (χ0n) is 9.95. The number of rotatable bonds is 4. The fourth-order valence-corrected chi connectivity index (χ4v) is 1.76. The van der Waals surface area contributed by atoms with Crippen molar-refractivity contribution in [2.24, 2.45) is 0 Å². The Bertz CT molecular complexity index is 536. The Balaban J connectivity index is 2.31. The van der Waals surface area contributed by atoms with Gasteiger partial charge in [-0.05, 0) is 24.6 Å². The van der Waals surface area contributed by atoms with Crippen LogP contribution < -0.4 is 0 Å². The van der Waals surface area contributed by atoms with Crippen molar-refractivity contribution in [3.05, 3.63) is 41.9 Å². The van der Waals surface area contributed by atoms with Crippen molar-refractivity contribution in [2.45, 2.75) is 19.3 Å². The predicted octanol–water partition coefficient (Wildman–Crippen LogP) is 2.84. The van der Waals surface area contributed by atoms with Gasteiger partial charge in [-0.25, -0.2) is 13.8 Å². The third-order valence-electron chi connectivity index (χ3n) is 2.93. The zero-order valence-corrected chi connectivity index (χ0v) is 9.95. The third kappa shape index (κ3) is 2.41. The summed E-state index contributed by atoms with van der Waals surface area (Å²) in [6.07, 6.45) is 2.31. The van der Waals surface area contributed by atoms with Gasteiger partial charge in [-0.2, -0.15) is 0 Å². The first-order valence-electron chi connectivity index (χ1n) is 5.76. The Morgan fingerprint density at radius 1 is 1.33 bits per heavy atom. The monoisotopic (exact) mass is 252 g/mol. The molecule has 1 aromatic carbocycles. The molecule has 3 nitrogen and oxygen atoms in total. The van der Waals surface area contributed by atoms with Gasteiger partial charge >= 0.3 is 0 Å². The predicted molar refractivity (Wildman–Crippen MR) is 64.1 cm³/mol. The summed E-state index contributed by atoms with van der Waals surface area (Å²) >= 11 is 0. The van der Waals surface area contributed by atoms with Gasteiger partial charge in [-0.3, -0.25) is 0 Å². The van der Waals surface area contributed by atoms with Crippen molar-refractivity contribution < 1.29 is 13.9 Å². The molecule has 2 aromatic rings. The third-order valence-corrected chi connectivity index (χ3v) is 2.93. The summed E-state index contributed by atoms with van der Waals surface area (Å²) < 4.78 is 25.9. The highest BCUT2D eigenvalue weighted by Crippen LogP contribution is 2.23. The molecule has 0 fully saturated rings. The van der Waals surface area contributed by atoms with Crippen molar-refractivity contribution in [2.75, 3.05) is 6.61 Å². The summed E-state index contributed by atoms with van der Waals surface area (Å²) in [5, 5.41) is 9.17. The Morgan fingerprint density at radius 3 is 2.72 bits per heavy atom. The summed E-state index contributed by atoms with van der Waals surface area (Å²) in [6, 6.07) is 3.68. The van der Waals surface area contributed by atoms with Gasteiger partial charge in [-0.15, -0.1) is 0 Å². The topological polar surface area (TPSA) is 48.9 Å². The molecule has 5 heteroatoms. The standard InChI is InChI=1S/C13H14F2N2O/c1-2-8(7-18)13-16-6-12(17-13)9-3-4-10(14)11(15)5-9/h3-6,8,18H,2,7H2,1H3,(H,16,17). The van der Waals surface area contributed by atoms with E-state index in [1.165, 1.54) is 6.07 Å². The van der Waals surface area contributed by atoms with Crippen molar-refractivity contribution in [1.29, 1.82) is 0 Å². The van der Waals surface area contributed by atoms with Gasteiger partial charge in [0.25, 0.3) is 0 Å². The minimum absolute atomic E-state index is 0.00122. The molecule has 0 amide bonds. The second kappa shape index (κ2) is 5.27. The second-order valence-electron chi connectivity index (χ2n) is 4.10. The van der Waals surface area contributed by atoms with Gasteiger partial charge in [-0.1, -0.05) is 6.92 Å². The summed E-state index contributed by atoms with van der Waals surface area (Å²) in [6.45, 7) is 1.95. The maximum atomic E-state index is 13.1. The van der Waals surface area contributed by atoms with Crippen LogP contribution in [0.2, 0.25) is 0 Å². The molecule has 1 aromatic heterocycles. The van der Waals surface area contributed by atoms with Gasteiger partial charge in [0.15, 0.2) is 11.6 Å². The van der Waals surface area contributed by atoms with Crippen LogP contribution in [0.4, 0.5) is 8.78 Å². The molecular formula is C13H14F2N2O. The molecule has 0 saturated heterocycles. The normalized spacial score (nSPS) is 12.7. The Kier molecular flexibility index (Phi) is 3.72. The van der Waals surface area contributed by atoms with Crippen molar-refractivity contribution in [3.8, 4) is 11.3 Å². The number of imidazole rings is 1. The van der Waals surface area contributed by atoms with Crippen LogP contribution in [0.3, 0.4) is 0 Å². The van der Waals surface area contributed by atoms with Crippen LogP contribution in [0.15, 0.2) is 24.4 Å². The Morgan fingerprint density at radius 2 is 2.11 bits per heavy atom. The summed E-state index contributed by atoms with van der Waals surface area (Å²) in [5.74, 6) is -1.18. The fraction of sp³-hybridized carbons (Fsp3) is 0.308. The van der Waals surface area contributed by atoms with E-state index in [1.807, 2.05) is 6.92 Å². The number of aliphatic hydroxyl groups is 1. The van der Waals surface area contributed by atoms with E-state index >= 15 is 0 Å². The molecule has 0 spiro atoms. The number of aliphatic hydroxyl groups excluding tert-OH is 1. The van der Waals surface area contributed by atoms with Gasteiger partial charge < -0.3 is 10.1 Å². The van der Waals surface area contributed by atoms with Gasteiger partial charge in [0.05, 0.1) is 18.5 Å². The molecule has 0 saturated carbocycles. The van der Waals surface area contributed by atoms with E-state index in [2.05, 4.69) is 9.97 Å². The molecule has 0 bridgehead atoms. The lowest BCUT2D eigenvalue weighted by molar-refractivity contribution is 0.258. The van der Waals surface area contributed by atoms with Crippen LogP contribution in [0, 0.1) is 11.6 Å². The van der Waals surface area contributed by atoms with Crippen LogP contribution in [0.5, 0.6) is 0 Å². The lowest BCUT2D eigenvalue weighted by atomic mass is 10.1. The van der Waals surface area contributed by atoms with E-state index in [1.54, 1.807) is 6.20 Å². The maximum absolute atomic E-state index is 13.1. The van der Waals surface area contributed by atoms with Gasteiger partial charge in [0, 0.05) is 11.5 Å². The smallest absolute Gasteiger partial charge is 0.159 e. The number of nitrogens with zero attached hydrogens (tertiary/aromatic N) is 1. The molecule has 2 N–H and O–H groups in total. The molecule has 0 aliphatic heterocycles.